The van der Waals surface area contributed by atoms with Crippen LogP contribution in [0.4, 0.5) is 0 Å². The molecule has 0 aliphatic heterocycles. The highest BCUT2D eigenvalue weighted by Gasteiger charge is 2.44. The smallest absolute Gasteiger partial charge is 0.0840 e. The third-order valence-corrected chi connectivity index (χ3v) is 9.88. The molecule has 0 amide bonds. The summed E-state index contributed by atoms with van der Waals surface area (Å²) in [6.45, 7) is 13.4. The molecule has 0 saturated heterocycles. The Morgan fingerprint density at radius 1 is 1.20 bits per heavy atom. The van der Waals surface area contributed by atoms with Crippen molar-refractivity contribution in [2.24, 2.45) is 11.8 Å². The Morgan fingerprint density at radius 3 is 2.35 bits per heavy atom. The lowest BCUT2D eigenvalue weighted by Crippen LogP contribution is -2.52. The van der Waals surface area contributed by atoms with E-state index in [2.05, 4.69) is 63.9 Å². The number of hydrogen-bond acceptors (Lipinski definition) is 1. The zero-order valence-electron chi connectivity index (χ0n) is 13.3. The highest BCUT2D eigenvalue weighted by molar-refractivity contribution is 6.91. The molecule has 0 spiro atoms. The van der Waals surface area contributed by atoms with E-state index in [-0.39, 0.29) is 6.10 Å². The molecule has 1 aromatic carbocycles. The van der Waals surface area contributed by atoms with Gasteiger partial charge in [-0.25, -0.2) is 0 Å². The van der Waals surface area contributed by atoms with Crippen LogP contribution in [0.2, 0.25) is 18.6 Å². The van der Waals surface area contributed by atoms with Gasteiger partial charge in [0.1, 0.15) is 0 Å². The number of aliphatic hydroxyl groups is 1. The Balaban J connectivity index is 2.31. The van der Waals surface area contributed by atoms with Crippen LogP contribution >= 0.6 is 0 Å². The standard InChI is InChI=1S/C18H28OSi/c1-13(2)15-11-17(19)14(3)18(12-15)20(4,5)16-9-7-6-8-10-16/h6-10,14-15,17-19H,1,11-12H2,2-5H3/t14-,15-,17-,18+/m0/s1. The summed E-state index contributed by atoms with van der Waals surface area (Å²) in [5, 5.41) is 12.0. The van der Waals surface area contributed by atoms with Crippen LogP contribution in [-0.4, -0.2) is 19.3 Å². The first-order chi connectivity index (χ1) is 9.34. The van der Waals surface area contributed by atoms with Crippen molar-refractivity contribution in [2.75, 3.05) is 0 Å². The maximum absolute atomic E-state index is 10.5. The van der Waals surface area contributed by atoms with E-state index in [4.69, 9.17) is 0 Å². The first-order valence-corrected chi connectivity index (χ1v) is 10.8. The lowest BCUT2D eigenvalue weighted by molar-refractivity contribution is 0.0602. The van der Waals surface area contributed by atoms with E-state index in [9.17, 15) is 5.11 Å². The van der Waals surface area contributed by atoms with Crippen LogP contribution < -0.4 is 5.19 Å². The van der Waals surface area contributed by atoms with E-state index >= 15 is 0 Å². The van der Waals surface area contributed by atoms with E-state index < -0.39 is 8.07 Å². The Labute approximate surface area is 124 Å². The van der Waals surface area contributed by atoms with Gasteiger partial charge in [0, 0.05) is 0 Å². The third kappa shape index (κ3) is 2.91. The van der Waals surface area contributed by atoms with Gasteiger partial charge in [-0.15, -0.1) is 0 Å². The average molecular weight is 289 g/mol. The van der Waals surface area contributed by atoms with Gasteiger partial charge in [-0.3, -0.25) is 0 Å². The Kier molecular flexibility index (Phi) is 4.55. The van der Waals surface area contributed by atoms with Gasteiger partial charge in [-0.2, -0.15) is 0 Å². The van der Waals surface area contributed by atoms with Crippen LogP contribution in [0.3, 0.4) is 0 Å². The second kappa shape index (κ2) is 5.86. The van der Waals surface area contributed by atoms with Crippen LogP contribution in [0.15, 0.2) is 42.5 Å². The molecule has 1 aliphatic rings. The van der Waals surface area contributed by atoms with E-state index in [1.165, 1.54) is 17.2 Å². The maximum Gasteiger partial charge on any atom is 0.0840 e. The number of benzene rings is 1. The molecule has 0 aromatic heterocycles. The second-order valence-corrected chi connectivity index (χ2v) is 11.9. The van der Waals surface area contributed by atoms with Crippen molar-refractivity contribution in [3.8, 4) is 0 Å². The maximum atomic E-state index is 10.5. The summed E-state index contributed by atoms with van der Waals surface area (Å²) in [5.41, 5.74) is 1.86. The van der Waals surface area contributed by atoms with Crippen LogP contribution in [0.25, 0.3) is 0 Å². The molecule has 1 aliphatic carbocycles. The van der Waals surface area contributed by atoms with Gasteiger partial charge in [0.15, 0.2) is 0 Å². The fraction of sp³-hybridized carbons (Fsp3) is 0.556. The molecule has 2 rings (SSSR count). The van der Waals surface area contributed by atoms with Crippen LogP contribution in [0.1, 0.15) is 26.7 Å². The Morgan fingerprint density at radius 2 is 1.80 bits per heavy atom. The molecule has 2 heteroatoms. The fourth-order valence-electron chi connectivity index (χ4n) is 3.83. The summed E-state index contributed by atoms with van der Waals surface area (Å²) in [5.74, 6) is 0.883. The quantitative estimate of drug-likeness (QED) is 0.659. The summed E-state index contributed by atoms with van der Waals surface area (Å²) in [6, 6.07) is 10.9. The second-order valence-electron chi connectivity index (χ2n) is 7.14. The molecule has 1 aromatic rings. The lowest BCUT2D eigenvalue weighted by Gasteiger charge is -2.45. The lowest BCUT2D eigenvalue weighted by atomic mass is 9.77. The van der Waals surface area contributed by atoms with Gasteiger partial charge < -0.3 is 5.11 Å². The highest BCUT2D eigenvalue weighted by atomic mass is 28.3. The van der Waals surface area contributed by atoms with Crippen molar-refractivity contribution >= 4 is 13.3 Å². The van der Waals surface area contributed by atoms with Crippen molar-refractivity contribution in [3.63, 3.8) is 0 Å². The zero-order chi connectivity index (χ0) is 14.9. The third-order valence-electron chi connectivity index (χ3n) is 5.45. The van der Waals surface area contributed by atoms with Gasteiger partial charge in [-0.1, -0.05) is 67.7 Å². The van der Waals surface area contributed by atoms with E-state index in [0.717, 1.165) is 6.42 Å². The number of rotatable bonds is 3. The van der Waals surface area contributed by atoms with Gasteiger partial charge in [0.25, 0.3) is 0 Å². The van der Waals surface area contributed by atoms with Crippen molar-refractivity contribution in [3.05, 3.63) is 42.5 Å². The summed E-state index contributed by atoms with van der Waals surface area (Å²) in [4.78, 5) is 0. The number of aliphatic hydroxyl groups excluding tert-OH is 1. The molecule has 1 fully saturated rings. The minimum atomic E-state index is -1.57. The predicted molar refractivity (Wildman–Crippen MR) is 90.0 cm³/mol. The van der Waals surface area contributed by atoms with Gasteiger partial charge in [-0.05, 0) is 37.1 Å². The first-order valence-electron chi connectivity index (χ1n) is 7.73. The molecular formula is C18H28OSi. The molecule has 0 bridgehead atoms. The molecule has 0 heterocycles. The molecule has 0 radical (unpaired) electrons. The predicted octanol–water partition coefficient (Wildman–Crippen LogP) is 3.96. The molecule has 0 unspecified atom stereocenters. The molecule has 110 valence electrons. The molecule has 20 heavy (non-hydrogen) atoms. The fourth-order valence-corrected chi connectivity index (χ4v) is 7.72. The topological polar surface area (TPSA) is 20.2 Å². The Bertz CT molecular complexity index is 466. The van der Waals surface area contributed by atoms with Crippen LogP contribution in [0.5, 0.6) is 0 Å². The van der Waals surface area contributed by atoms with Gasteiger partial charge in [0.05, 0.1) is 14.2 Å². The largest absolute Gasteiger partial charge is 0.393 e. The zero-order valence-corrected chi connectivity index (χ0v) is 14.3. The minimum absolute atomic E-state index is 0.175. The molecule has 4 atom stereocenters. The molecule has 1 nitrogen and oxygen atoms in total. The average Bonchev–Trinajstić information content (AvgIpc) is 2.42. The van der Waals surface area contributed by atoms with Crippen molar-refractivity contribution in [1.29, 1.82) is 0 Å². The summed E-state index contributed by atoms with van der Waals surface area (Å²) < 4.78 is 0. The van der Waals surface area contributed by atoms with E-state index in [1.54, 1.807) is 0 Å². The summed E-state index contributed by atoms with van der Waals surface area (Å²) in [6.07, 6.45) is 1.92. The van der Waals surface area contributed by atoms with Crippen LogP contribution in [-0.2, 0) is 0 Å². The van der Waals surface area contributed by atoms with Gasteiger partial charge >= 0.3 is 0 Å². The molecular weight excluding hydrogens is 260 g/mol. The van der Waals surface area contributed by atoms with Crippen molar-refractivity contribution in [2.45, 2.75) is 51.4 Å². The normalized spacial score (nSPS) is 31.1. The number of allylic oxidation sites excluding steroid dienone is 1. The summed E-state index contributed by atoms with van der Waals surface area (Å²) >= 11 is 0. The van der Waals surface area contributed by atoms with Crippen molar-refractivity contribution in [1.82, 2.24) is 0 Å². The SMILES string of the molecule is C=C(C)[C@@H]1C[C@@H]([Si](C)(C)c2ccccc2)[C@@H](C)[C@@H](O)C1. The number of hydrogen-bond donors (Lipinski definition) is 1. The molecule has 1 N–H and O–H groups in total. The summed E-state index contributed by atoms with van der Waals surface area (Å²) in [7, 11) is -1.57. The van der Waals surface area contributed by atoms with Crippen LogP contribution in [0, 0.1) is 11.8 Å². The van der Waals surface area contributed by atoms with Crippen molar-refractivity contribution < 1.29 is 5.11 Å². The highest BCUT2D eigenvalue weighted by Crippen LogP contribution is 2.45. The van der Waals surface area contributed by atoms with Gasteiger partial charge in [0.2, 0.25) is 0 Å². The first kappa shape index (κ1) is 15.5. The Hall–Kier alpha value is -0.863. The molecule has 1 saturated carbocycles. The minimum Gasteiger partial charge on any atom is -0.393 e. The van der Waals surface area contributed by atoms with E-state index in [1.807, 2.05) is 0 Å². The monoisotopic (exact) mass is 288 g/mol. The van der Waals surface area contributed by atoms with E-state index in [0.29, 0.717) is 17.4 Å².